The summed E-state index contributed by atoms with van der Waals surface area (Å²) in [4.78, 5) is 28.4. The third kappa shape index (κ3) is 6.82. The summed E-state index contributed by atoms with van der Waals surface area (Å²) in [6.45, 7) is 4.23. The Morgan fingerprint density at radius 1 is 1.06 bits per heavy atom. The average molecular weight is 426 g/mol. The molecule has 7 nitrogen and oxygen atoms in total. The maximum Gasteiger partial charge on any atom is 0.262 e. The van der Waals surface area contributed by atoms with Crippen LogP contribution >= 0.6 is 0 Å². The molecule has 0 spiro atoms. The van der Waals surface area contributed by atoms with Gasteiger partial charge >= 0.3 is 0 Å². The third-order valence-corrected chi connectivity index (χ3v) is 5.08. The maximum atomic E-state index is 13.7. The molecule has 0 unspecified atom stereocenters. The van der Waals surface area contributed by atoms with E-state index in [1.165, 1.54) is 37.1 Å². The van der Waals surface area contributed by atoms with E-state index in [-0.39, 0.29) is 11.7 Å². The second-order valence-electron chi connectivity index (χ2n) is 7.18. The lowest BCUT2D eigenvalue weighted by atomic mass is 10.2. The monoisotopic (exact) mass is 426 g/mol. The van der Waals surface area contributed by atoms with E-state index < -0.39 is 11.7 Å². The van der Waals surface area contributed by atoms with Crippen molar-refractivity contribution in [1.82, 2.24) is 15.8 Å². The molecule has 2 amide bonds. The van der Waals surface area contributed by atoms with Gasteiger partial charge in [0.05, 0.1) is 7.11 Å². The van der Waals surface area contributed by atoms with Gasteiger partial charge in [0, 0.05) is 50.9 Å². The van der Waals surface area contributed by atoms with Gasteiger partial charge in [-0.3, -0.25) is 25.3 Å². The van der Waals surface area contributed by atoms with Gasteiger partial charge < -0.3 is 9.64 Å². The Kier molecular flexibility index (Phi) is 8.00. The number of benzene rings is 2. The second-order valence-corrected chi connectivity index (χ2v) is 7.18. The molecule has 3 rings (SSSR count). The molecule has 2 aromatic carbocycles. The van der Waals surface area contributed by atoms with E-state index in [4.69, 9.17) is 4.74 Å². The number of ether oxygens (including phenoxy) is 1. The van der Waals surface area contributed by atoms with Crippen molar-refractivity contribution in [1.29, 1.82) is 0 Å². The Bertz CT molecular complexity index is 912. The molecule has 0 aromatic heterocycles. The number of rotatable bonds is 7. The van der Waals surface area contributed by atoms with E-state index in [2.05, 4.69) is 32.8 Å². The summed E-state index contributed by atoms with van der Waals surface area (Å²) in [6.07, 6.45) is 2.97. The van der Waals surface area contributed by atoms with E-state index in [1.54, 1.807) is 6.07 Å². The summed E-state index contributed by atoms with van der Waals surface area (Å²) >= 11 is 0. The molecule has 1 aliphatic heterocycles. The minimum atomic E-state index is -0.511. The number of anilines is 1. The topological polar surface area (TPSA) is 73.9 Å². The Labute approximate surface area is 181 Å². The third-order valence-electron chi connectivity index (χ3n) is 5.08. The molecule has 31 heavy (non-hydrogen) atoms. The standard InChI is InChI=1S/C23H27FN4O3/c1-31-21-9-7-18(17-20(21)24)8-10-22(29)25-26-23(30)11-12-27-13-15-28(16-14-27)19-5-3-2-4-6-19/h2-10,17H,11-16H2,1H3,(H,25,29)(H,26,30)/b10-8+. The molecule has 0 saturated carbocycles. The van der Waals surface area contributed by atoms with Gasteiger partial charge in [-0.25, -0.2) is 4.39 Å². The highest BCUT2D eigenvalue weighted by molar-refractivity contribution is 5.93. The highest BCUT2D eigenvalue weighted by Gasteiger charge is 2.17. The smallest absolute Gasteiger partial charge is 0.262 e. The lowest BCUT2D eigenvalue weighted by molar-refractivity contribution is -0.127. The predicted octanol–water partition coefficient (Wildman–Crippen LogP) is 2.21. The number of hydrogen-bond acceptors (Lipinski definition) is 5. The van der Waals surface area contributed by atoms with Crippen LogP contribution in [0.4, 0.5) is 10.1 Å². The lowest BCUT2D eigenvalue weighted by Crippen LogP contribution is -2.48. The van der Waals surface area contributed by atoms with Crippen molar-refractivity contribution >= 4 is 23.6 Å². The Balaban J connectivity index is 1.34. The summed E-state index contributed by atoms with van der Waals surface area (Å²) in [7, 11) is 1.38. The molecule has 8 heteroatoms. The predicted molar refractivity (Wildman–Crippen MR) is 118 cm³/mol. The minimum Gasteiger partial charge on any atom is -0.494 e. The van der Waals surface area contributed by atoms with Crippen LogP contribution in [0.3, 0.4) is 0 Å². The van der Waals surface area contributed by atoms with E-state index in [9.17, 15) is 14.0 Å². The Hall–Kier alpha value is -3.39. The first-order chi connectivity index (χ1) is 15.0. The molecule has 1 aliphatic rings. The highest BCUT2D eigenvalue weighted by atomic mass is 19.1. The number of carbonyl (C=O) groups is 2. The molecule has 1 saturated heterocycles. The van der Waals surface area contributed by atoms with E-state index in [0.717, 1.165) is 26.2 Å². The molecule has 2 aromatic rings. The number of methoxy groups -OCH3 is 1. The lowest BCUT2D eigenvalue weighted by Gasteiger charge is -2.36. The quantitative estimate of drug-likeness (QED) is 0.525. The number of amides is 2. The largest absolute Gasteiger partial charge is 0.494 e. The molecule has 1 heterocycles. The van der Waals surface area contributed by atoms with Crippen LogP contribution in [0.25, 0.3) is 6.08 Å². The van der Waals surface area contributed by atoms with Gasteiger partial charge in [0.2, 0.25) is 5.91 Å². The maximum absolute atomic E-state index is 13.7. The number of hydrogen-bond donors (Lipinski definition) is 2. The van der Waals surface area contributed by atoms with Crippen molar-refractivity contribution in [3.8, 4) is 5.75 Å². The van der Waals surface area contributed by atoms with Crippen LogP contribution in [0.15, 0.2) is 54.6 Å². The summed E-state index contributed by atoms with van der Waals surface area (Å²) in [5.74, 6) is -1.14. The average Bonchev–Trinajstić information content (AvgIpc) is 2.81. The summed E-state index contributed by atoms with van der Waals surface area (Å²) in [5.41, 5.74) is 6.46. The van der Waals surface area contributed by atoms with Gasteiger partial charge in [0.25, 0.3) is 5.91 Å². The van der Waals surface area contributed by atoms with Crippen LogP contribution in [-0.2, 0) is 9.59 Å². The van der Waals surface area contributed by atoms with E-state index in [1.807, 2.05) is 18.2 Å². The van der Waals surface area contributed by atoms with Crippen molar-refractivity contribution < 1.29 is 18.7 Å². The van der Waals surface area contributed by atoms with Crippen molar-refractivity contribution in [2.24, 2.45) is 0 Å². The Morgan fingerprint density at radius 3 is 2.48 bits per heavy atom. The SMILES string of the molecule is COc1ccc(/C=C/C(=O)NNC(=O)CCN2CCN(c3ccccc3)CC2)cc1F. The zero-order valence-corrected chi connectivity index (χ0v) is 17.5. The van der Waals surface area contributed by atoms with Gasteiger partial charge in [-0.15, -0.1) is 0 Å². The van der Waals surface area contributed by atoms with Crippen LogP contribution in [0.2, 0.25) is 0 Å². The first kappa shape index (κ1) is 22.3. The molecule has 1 fully saturated rings. The van der Waals surface area contributed by atoms with Crippen molar-refractivity contribution in [3.05, 3.63) is 66.0 Å². The van der Waals surface area contributed by atoms with Crippen LogP contribution in [0.5, 0.6) is 5.75 Å². The number of carbonyl (C=O) groups excluding carboxylic acids is 2. The molecule has 0 aliphatic carbocycles. The van der Waals surface area contributed by atoms with Crippen molar-refractivity contribution in [2.75, 3.05) is 44.7 Å². The molecule has 164 valence electrons. The fourth-order valence-electron chi connectivity index (χ4n) is 3.32. The van der Waals surface area contributed by atoms with Crippen LogP contribution in [0.1, 0.15) is 12.0 Å². The number of piperazine rings is 1. The first-order valence-electron chi connectivity index (χ1n) is 10.2. The van der Waals surface area contributed by atoms with Crippen molar-refractivity contribution in [2.45, 2.75) is 6.42 Å². The molecular weight excluding hydrogens is 399 g/mol. The van der Waals surface area contributed by atoms with Gasteiger partial charge in [-0.1, -0.05) is 24.3 Å². The zero-order chi connectivity index (χ0) is 22.1. The first-order valence-corrected chi connectivity index (χ1v) is 10.2. The number of para-hydroxylation sites is 1. The fraction of sp³-hybridized carbons (Fsp3) is 0.304. The van der Waals surface area contributed by atoms with Gasteiger partial charge in [-0.05, 0) is 35.9 Å². The van der Waals surface area contributed by atoms with Crippen LogP contribution in [-0.4, -0.2) is 56.5 Å². The fourth-order valence-corrected chi connectivity index (χ4v) is 3.32. The van der Waals surface area contributed by atoms with E-state index in [0.29, 0.717) is 18.5 Å². The molecule has 0 bridgehead atoms. The normalized spacial score (nSPS) is 14.5. The molecular formula is C23H27FN4O3. The summed E-state index contributed by atoms with van der Waals surface area (Å²) in [5, 5.41) is 0. The highest BCUT2D eigenvalue weighted by Crippen LogP contribution is 2.18. The Morgan fingerprint density at radius 2 is 1.81 bits per heavy atom. The second kappa shape index (κ2) is 11.1. The number of nitrogens with zero attached hydrogens (tertiary/aromatic N) is 2. The molecule has 0 atom stereocenters. The van der Waals surface area contributed by atoms with Crippen molar-refractivity contribution in [3.63, 3.8) is 0 Å². The molecule has 2 N–H and O–H groups in total. The van der Waals surface area contributed by atoms with Gasteiger partial charge in [-0.2, -0.15) is 0 Å². The zero-order valence-electron chi connectivity index (χ0n) is 17.5. The van der Waals surface area contributed by atoms with Crippen LogP contribution in [0, 0.1) is 5.82 Å². The van der Waals surface area contributed by atoms with Gasteiger partial charge in [0.15, 0.2) is 11.6 Å². The molecule has 0 radical (unpaired) electrons. The number of nitrogens with one attached hydrogen (secondary N) is 2. The number of halogens is 1. The minimum absolute atomic E-state index is 0.135. The van der Waals surface area contributed by atoms with Gasteiger partial charge in [0.1, 0.15) is 0 Å². The van der Waals surface area contributed by atoms with E-state index >= 15 is 0 Å². The number of hydrazine groups is 1. The summed E-state index contributed by atoms with van der Waals surface area (Å²) in [6, 6.07) is 14.6. The van der Waals surface area contributed by atoms with Crippen LogP contribution < -0.4 is 20.5 Å². The summed E-state index contributed by atoms with van der Waals surface area (Å²) < 4.78 is 18.5.